The Morgan fingerprint density at radius 3 is 3.05 bits per heavy atom. The fraction of sp³-hybridized carbons (Fsp3) is 0.375. The topological polar surface area (TPSA) is 74.5 Å². The van der Waals surface area contributed by atoms with Crippen LogP contribution in [-0.4, -0.2) is 27.8 Å². The molecule has 1 aliphatic heterocycles. The van der Waals surface area contributed by atoms with Crippen molar-refractivity contribution >= 4 is 11.4 Å². The monoisotopic (exact) mass is 282 g/mol. The molecule has 1 fully saturated rings. The standard InChI is InChI=1S/C16H18N4O/c17-9-13-12(10-19-7-3-1-5-14(13)19)11-20-8-4-2-6-15(20)16(18)21/h1,3,5,7,10,15H,2,4,6,8,11H2,(H2,18,21)/t15-/m1/s1. The van der Waals surface area contributed by atoms with Crippen molar-refractivity contribution < 1.29 is 4.79 Å². The number of likely N-dealkylation sites (tertiary alicyclic amines) is 1. The first-order chi connectivity index (χ1) is 10.2. The summed E-state index contributed by atoms with van der Waals surface area (Å²) in [5.74, 6) is -0.267. The van der Waals surface area contributed by atoms with Crippen molar-refractivity contribution in [2.24, 2.45) is 5.73 Å². The normalized spacial score (nSPS) is 19.5. The van der Waals surface area contributed by atoms with Gasteiger partial charge in [-0.05, 0) is 31.5 Å². The van der Waals surface area contributed by atoms with Gasteiger partial charge in [0.15, 0.2) is 0 Å². The van der Waals surface area contributed by atoms with Crippen LogP contribution in [0.2, 0.25) is 0 Å². The molecule has 3 rings (SSSR count). The van der Waals surface area contributed by atoms with E-state index in [2.05, 4.69) is 11.0 Å². The Morgan fingerprint density at radius 1 is 1.43 bits per heavy atom. The third-order valence-electron chi connectivity index (χ3n) is 4.19. The lowest BCUT2D eigenvalue weighted by Gasteiger charge is -2.33. The maximum atomic E-state index is 11.6. The molecule has 0 aliphatic carbocycles. The highest BCUT2D eigenvalue weighted by atomic mass is 16.1. The van der Waals surface area contributed by atoms with Crippen LogP contribution >= 0.6 is 0 Å². The van der Waals surface area contributed by atoms with Crippen LogP contribution in [0.4, 0.5) is 0 Å². The lowest BCUT2D eigenvalue weighted by Crippen LogP contribution is -2.47. The molecular weight excluding hydrogens is 264 g/mol. The number of amides is 1. The molecule has 1 atom stereocenters. The first-order valence-corrected chi connectivity index (χ1v) is 7.22. The summed E-state index contributed by atoms with van der Waals surface area (Å²) in [5.41, 5.74) is 8.05. The van der Waals surface area contributed by atoms with Crippen molar-refractivity contribution in [1.29, 1.82) is 5.26 Å². The Kier molecular flexibility index (Phi) is 3.63. The van der Waals surface area contributed by atoms with E-state index in [0.29, 0.717) is 12.1 Å². The molecule has 0 radical (unpaired) electrons. The van der Waals surface area contributed by atoms with Crippen LogP contribution < -0.4 is 5.73 Å². The Balaban J connectivity index is 1.94. The number of nitriles is 1. The quantitative estimate of drug-likeness (QED) is 0.930. The zero-order valence-corrected chi connectivity index (χ0v) is 11.8. The number of aromatic nitrogens is 1. The summed E-state index contributed by atoms with van der Waals surface area (Å²) in [7, 11) is 0. The van der Waals surface area contributed by atoms with Gasteiger partial charge in [-0.2, -0.15) is 5.26 Å². The summed E-state index contributed by atoms with van der Waals surface area (Å²) in [5, 5.41) is 9.44. The number of rotatable bonds is 3. The fourth-order valence-corrected chi connectivity index (χ4v) is 3.15. The van der Waals surface area contributed by atoms with Crippen molar-refractivity contribution in [3.63, 3.8) is 0 Å². The van der Waals surface area contributed by atoms with Crippen LogP contribution in [0.5, 0.6) is 0 Å². The van der Waals surface area contributed by atoms with E-state index < -0.39 is 0 Å². The number of primary amides is 1. The Labute approximate surface area is 123 Å². The highest BCUT2D eigenvalue weighted by molar-refractivity contribution is 5.80. The molecular formula is C16H18N4O. The van der Waals surface area contributed by atoms with E-state index in [1.54, 1.807) is 0 Å². The molecule has 1 aliphatic rings. The molecule has 108 valence electrons. The maximum absolute atomic E-state index is 11.6. The Bertz CT molecular complexity index is 713. The van der Waals surface area contributed by atoms with E-state index in [0.717, 1.165) is 36.9 Å². The van der Waals surface area contributed by atoms with Gasteiger partial charge in [0.25, 0.3) is 0 Å². The molecule has 21 heavy (non-hydrogen) atoms. The van der Waals surface area contributed by atoms with Crippen LogP contribution in [0.25, 0.3) is 5.52 Å². The Hall–Kier alpha value is -2.32. The molecule has 0 unspecified atom stereocenters. The molecule has 0 aromatic carbocycles. The van der Waals surface area contributed by atoms with Crippen molar-refractivity contribution in [3.8, 4) is 6.07 Å². The Morgan fingerprint density at radius 2 is 2.29 bits per heavy atom. The summed E-state index contributed by atoms with van der Waals surface area (Å²) < 4.78 is 1.96. The van der Waals surface area contributed by atoms with Crippen LogP contribution in [0.15, 0.2) is 30.6 Å². The summed E-state index contributed by atoms with van der Waals surface area (Å²) in [6, 6.07) is 7.87. The molecule has 5 nitrogen and oxygen atoms in total. The first-order valence-electron chi connectivity index (χ1n) is 7.22. The number of nitrogens with zero attached hydrogens (tertiary/aromatic N) is 3. The lowest BCUT2D eigenvalue weighted by molar-refractivity contribution is -0.124. The average Bonchev–Trinajstić information content (AvgIpc) is 2.84. The maximum Gasteiger partial charge on any atom is 0.234 e. The highest BCUT2D eigenvalue weighted by Crippen LogP contribution is 2.24. The van der Waals surface area contributed by atoms with Crippen molar-refractivity contribution in [3.05, 3.63) is 41.7 Å². The minimum Gasteiger partial charge on any atom is -0.368 e. The molecule has 5 heteroatoms. The highest BCUT2D eigenvalue weighted by Gasteiger charge is 2.27. The summed E-state index contributed by atoms with van der Waals surface area (Å²) in [6.07, 6.45) is 6.82. The van der Waals surface area contributed by atoms with Gasteiger partial charge in [-0.25, -0.2) is 0 Å². The van der Waals surface area contributed by atoms with Crippen LogP contribution in [-0.2, 0) is 11.3 Å². The molecule has 2 aromatic rings. The van der Waals surface area contributed by atoms with Gasteiger partial charge in [0.1, 0.15) is 6.07 Å². The van der Waals surface area contributed by atoms with Crippen LogP contribution in [0, 0.1) is 11.3 Å². The minimum absolute atomic E-state index is 0.215. The summed E-state index contributed by atoms with van der Waals surface area (Å²) in [4.78, 5) is 13.7. The van der Waals surface area contributed by atoms with Crippen molar-refractivity contribution in [2.75, 3.05) is 6.54 Å². The molecule has 1 amide bonds. The molecule has 3 heterocycles. The SMILES string of the molecule is N#Cc1c(CN2CCCC[C@@H]2C(N)=O)cn2ccccc12. The predicted octanol–water partition coefficient (Wildman–Crippen LogP) is 1.65. The summed E-state index contributed by atoms with van der Waals surface area (Å²) in [6.45, 7) is 1.45. The van der Waals surface area contributed by atoms with Gasteiger partial charge in [-0.1, -0.05) is 12.5 Å². The van der Waals surface area contributed by atoms with E-state index >= 15 is 0 Å². The van der Waals surface area contributed by atoms with Gasteiger partial charge < -0.3 is 10.1 Å². The second-order valence-electron chi connectivity index (χ2n) is 5.52. The van der Waals surface area contributed by atoms with Crippen LogP contribution in [0.3, 0.4) is 0 Å². The largest absolute Gasteiger partial charge is 0.368 e. The number of carbonyl (C=O) groups is 1. The molecule has 0 saturated carbocycles. The van der Waals surface area contributed by atoms with Crippen LogP contribution in [0.1, 0.15) is 30.4 Å². The summed E-state index contributed by atoms with van der Waals surface area (Å²) >= 11 is 0. The number of carbonyl (C=O) groups excluding carboxylic acids is 1. The molecule has 1 saturated heterocycles. The van der Waals surface area contributed by atoms with E-state index in [4.69, 9.17) is 5.73 Å². The van der Waals surface area contributed by atoms with Gasteiger partial charge in [0.2, 0.25) is 5.91 Å². The van der Waals surface area contributed by atoms with Crippen molar-refractivity contribution in [1.82, 2.24) is 9.30 Å². The van der Waals surface area contributed by atoms with E-state index in [1.807, 2.05) is 35.0 Å². The first kappa shape index (κ1) is 13.7. The number of fused-ring (bicyclic) bond motifs is 1. The number of piperidine rings is 1. The smallest absolute Gasteiger partial charge is 0.234 e. The number of hydrogen-bond donors (Lipinski definition) is 1. The fourth-order valence-electron chi connectivity index (χ4n) is 3.15. The second-order valence-corrected chi connectivity index (χ2v) is 5.52. The third-order valence-corrected chi connectivity index (χ3v) is 4.19. The number of hydrogen-bond acceptors (Lipinski definition) is 3. The second kappa shape index (κ2) is 5.58. The lowest BCUT2D eigenvalue weighted by atomic mass is 10.0. The number of nitrogens with two attached hydrogens (primary N) is 1. The minimum atomic E-state index is -0.267. The van der Waals surface area contributed by atoms with Gasteiger partial charge in [0, 0.05) is 24.5 Å². The predicted molar refractivity (Wildman–Crippen MR) is 79.4 cm³/mol. The van der Waals surface area contributed by atoms with E-state index in [-0.39, 0.29) is 11.9 Å². The average molecular weight is 282 g/mol. The molecule has 0 bridgehead atoms. The van der Waals surface area contributed by atoms with Gasteiger partial charge in [-0.15, -0.1) is 0 Å². The zero-order chi connectivity index (χ0) is 14.8. The molecule has 2 aromatic heterocycles. The molecule has 0 spiro atoms. The molecule has 2 N–H and O–H groups in total. The van der Waals surface area contributed by atoms with E-state index in [9.17, 15) is 10.1 Å². The number of pyridine rings is 1. The van der Waals surface area contributed by atoms with Gasteiger partial charge in [-0.3, -0.25) is 9.69 Å². The zero-order valence-electron chi connectivity index (χ0n) is 11.8. The van der Waals surface area contributed by atoms with E-state index in [1.165, 1.54) is 0 Å². The van der Waals surface area contributed by atoms with Gasteiger partial charge >= 0.3 is 0 Å². The third kappa shape index (κ3) is 2.50. The van der Waals surface area contributed by atoms with Crippen molar-refractivity contribution in [2.45, 2.75) is 31.8 Å². The van der Waals surface area contributed by atoms with Gasteiger partial charge in [0.05, 0.1) is 17.1 Å².